The topological polar surface area (TPSA) is 38.0 Å². The van der Waals surface area contributed by atoms with Crippen LogP contribution in [-0.4, -0.2) is 12.6 Å². The molecule has 94 valence electrons. The number of hydrogen-bond donors (Lipinski definition) is 2. The van der Waals surface area contributed by atoms with Gasteiger partial charge in [-0.3, -0.25) is 0 Å². The summed E-state index contributed by atoms with van der Waals surface area (Å²) >= 11 is 0. The molecule has 1 unspecified atom stereocenters. The van der Waals surface area contributed by atoms with Gasteiger partial charge in [-0.05, 0) is 37.0 Å². The van der Waals surface area contributed by atoms with E-state index < -0.39 is 0 Å². The van der Waals surface area contributed by atoms with E-state index in [1.54, 1.807) is 6.07 Å². The van der Waals surface area contributed by atoms with E-state index in [2.05, 4.69) is 5.32 Å². The van der Waals surface area contributed by atoms with Crippen LogP contribution in [0.3, 0.4) is 0 Å². The highest BCUT2D eigenvalue weighted by Gasteiger charge is 2.22. The minimum Gasteiger partial charge on any atom is -0.381 e. The van der Waals surface area contributed by atoms with Crippen LogP contribution >= 0.6 is 0 Å². The maximum atomic E-state index is 13.1. The summed E-state index contributed by atoms with van der Waals surface area (Å²) in [5.74, 6) is 0.437. The molecule has 2 nitrogen and oxygen atoms in total. The SMILES string of the molecule is NCC(Nc1cccc(F)c1)C1CCCCC1. The Hall–Kier alpha value is -1.09. The third-order valence-electron chi connectivity index (χ3n) is 3.65. The standard InChI is InChI=1S/C14H21FN2/c15-12-7-4-8-13(9-12)17-14(10-16)11-5-2-1-3-6-11/h4,7-9,11,14,17H,1-3,5-6,10,16H2. The van der Waals surface area contributed by atoms with Crippen LogP contribution in [-0.2, 0) is 0 Å². The first kappa shape index (κ1) is 12.4. The Bertz CT molecular complexity index is 348. The maximum absolute atomic E-state index is 13.1. The molecule has 1 atom stereocenters. The largest absolute Gasteiger partial charge is 0.381 e. The lowest BCUT2D eigenvalue weighted by molar-refractivity contribution is 0.320. The van der Waals surface area contributed by atoms with Crippen molar-refractivity contribution in [2.75, 3.05) is 11.9 Å². The molecule has 0 radical (unpaired) electrons. The van der Waals surface area contributed by atoms with Crippen molar-refractivity contribution in [3.05, 3.63) is 30.1 Å². The lowest BCUT2D eigenvalue weighted by atomic mass is 9.84. The molecule has 3 N–H and O–H groups in total. The van der Waals surface area contributed by atoms with Gasteiger partial charge in [0.1, 0.15) is 5.82 Å². The number of halogens is 1. The molecule has 0 aromatic heterocycles. The Labute approximate surface area is 102 Å². The molecule has 0 heterocycles. The molecule has 0 saturated heterocycles. The first-order chi connectivity index (χ1) is 8.29. The second-order valence-corrected chi connectivity index (χ2v) is 4.89. The minimum atomic E-state index is -0.200. The first-order valence-corrected chi connectivity index (χ1v) is 6.52. The van der Waals surface area contributed by atoms with E-state index in [9.17, 15) is 4.39 Å². The van der Waals surface area contributed by atoms with E-state index in [0.29, 0.717) is 12.5 Å². The number of nitrogens with one attached hydrogen (secondary N) is 1. The molecule has 1 aromatic carbocycles. The van der Waals surface area contributed by atoms with Crippen molar-refractivity contribution < 1.29 is 4.39 Å². The summed E-state index contributed by atoms with van der Waals surface area (Å²) in [6, 6.07) is 6.90. The third kappa shape index (κ3) is 3.43. The van der Waals surface area contributed by atoms with Crippen molar-refractivity contribution in [1.29, 1.82) is 0 Å². The molecule has 1 aromatic rings. The molecule has 0 bridgehead atoms. The van der Waals surface area contributed by atoms with Gasteiger partial charge in [-0.1, -0.05) is 25.3 Å². The summed E-state index contributed by atoms with van der Waals surface area (Å²) in [5, 5.41) is 3.37. The molecule has 1 fully saturated rings. The molecule has 3 heteroatoms. The fraction of sp³-hybridized carbons (Fsp3) is 0.571. The Morgan fingerprint density at radius 2 is 2.06 bits per heavy atom. The van der Waals surface area contributed by atoms with Crippen molar-refractivity contribution in [2.24, 2.45) is 11.7 Å². The molecule has 0 spiro atoms. The molecular formula is C14H21FN2. The highest BCUT2D eigenvalue weighted by atomic mass is 19.1. The lowest BCUT2D eigenvalue weighted by Gasteiger charge is -2.30. The van der Waals surface area contributed by atoms with Gasteiger partial charge in [0.2, 0.25) is 0 Å². The van der Waals surface area contributed by atoms with Crippen molar-refractivity contribution in [2.45, 2.75) is 38.1 Å². The van der Waals surface area contributed by atoms with Gasteiger partial charge in [0.05, 0.1) is 0 Å². The van der Waals surface area contributed by atoms with Crippen LogP contribution in [0.5, 0.6) is 0 Å². The number of hydrogen-bond acceptors (Lipinski definition) is 2. The van der Waals surface area contributed by atoms with Gasteiger partial charge in [-0.15, -0.1) is 0 Å². The summed E-state index contributed by atoms with van der Waals surface area (Å²) in [5.41, 5.74) is 6.67. The van der Waals surface area contributed by atoms with Gasteiger partial charge >= 0.3 is 0 Å². The average molecular weight is 236 g/mol. The van der Waals surface area contributed by atoms with Crippen LogP contribution in [0.1, 0.15) is 32.1 Å². The third-order valence-corrected chi connectivity index (χ3v) is 3.65. The highest BCUT2D eigenvalue weighted by Crippen LogP contribution is 2.27. The maximum Gasteiger partial charge on any atom is 0.125 e. The molecular weight excluding hydrogens is 215 g/mol. The fourth-order valence-electron chi connectivity index (χ4n) is 2.70. The van der Waals surface area contributed by atoms with Crippen LogP contribution in [0.15, 0.2) is 24.3 Å². The smallest absolute Gasteiger partial charge is 0.125 e. The van der Waals surface area contributed by atoms with Crippen LogP contribution in [0, 0.1) is 11.7 Å². The van der Waals surface area contributed by atoms with E-state index >= 15 is 0 Å². The van der Waals surface area contributed by atoms with Gasteiger partial charge in [-0.2, -0.15) is 0 Å². The second-order valence-electron chi connectivity index (χ2n) is 4.89. The van der Waals surface area contributed by atoms with Gasteiger partial charge in [0.25, 0.3) is 0 Å². The van der Waals surface area contributed by atoms with Crippen molar-refractivity contribution in [3.63, 3.8) is 0 Å². The number of anilines is 1. The van der Waals surface area contributed by atoms with Crippen LogP contribution < -0.4 is 11.1 Å². The summed E-state index contributed by atoms with van der Waals surface area (Å²) in [7, 11) is 0. The molecule has 1 saturated carbocycles. The predicted molar refractivity (Wildman–Crippen MR) is 69.4 cm³/mol. The highest BCUT2D eigenvalue weighted by molar-refractivity contribution is 5.44. The van der Waals surface area contributed by atoms with Crippen LogP contribution in [0.4, 0.5) is 10.1 Å². The quantitative estimate of drug-likeness (QED) is 0.842. The summed E-state index contributed by atoms with van der Waals surface area (Å²) in [6.45, 7) is 0.612. The second kappa shape index (κ2) is 6.01. The normalized spacial score (nSPS) is 18.9. The van der Waals surface area contributed by atoms with E-state index in [1.165, 1.54) is 44.2 Å². The molecule has 17 heavy (non-hydrogen) atoms. The molecule has 1 aliphatic carbocycles. The Morgan fingerprint density at radius 1 is 1.29 bits per heavy atom. The Kier molecular flexibility index (Phi) is 4.37. The van der Waals surface area contributed by atoms with Gasteiger partial charge < -0.3 is 11.1 Å². The summed E-state index contributed by atoms with van der Waals surface area (Å²) < 4.78 is 13.1. The molecule has 2 rings (SSSR count). The van der Waals surface area contributed by atoms with Crippen molar-refractivity contribution in [3.8, 4) is 0 Å². The monoisotopic (exact) mass is 236 g/mol. The number of nitrogens with two attached hydrogens (primary N) is 1. The first-order valence-electron chi connectivity index (χ1n) is 6.52. The van der Waals surface area contributed by atoms with Crippen LogP contribution in [0.2, 0.25) is 0 Å². The van der Waals surface area contributed by atoms with Crippen LogP contribution in [0.25, 0.3) is 0 Å². The summed E-state index contributed by atoms with van der Waals surface area (Å²) in [6.07, 6.45) is 6.42. The molecule has 0 amide bonds. The van der Waals surface area contributed by atoms with E-state index in [1.807, 2.05) is 6.07 Å². The fourth-order valence-corrected chi connectivity index (χ4v) is 2.70. The van der Waals surface area contributed by atoms with Crippen molar-refractivity contribution in [1.82, 2.24) is 0 Å². The zero-order valence-electron chi connectivity index (χ0n) is 10.2. The lowest BCUT2D eigenvalue weighted by Crippen LogP contribution is -2.37. The Morgan fingerprint density at radius 3 is 2.71 bits per heavy atom. The van der Waals surface area contributed by atoms with E-state index in [0.717, 1.165) is 5.69 Å². The Balaban J connectivity index is 1.98. The average Bonchev–Trinajstić information content (AvgIpc) is 2.37. The number of rotatable bonds is 4. The van der Waals surface area contributed by atoms with Crippen molar-refractivity contribution >= 4 is 5.69 Å². The summed E-state index contributed by atoms with van der Waals surface area (Å²) in [4.78, 5) is 0. The number of benzene rings is 1. The minimum absolute atomic E-state index is 0.200. The molecule has 1 aliphatic rings. The van der Waals surface area contributed by atoms with Gasteiger partial charge in [0, 0.05) is 18.3 Å². The van der Waals surface area contributed by atoms with E-state index in [-0.39, 0.29) is 11.9 Å². The zero-order valence-corrected chi connectivity index (χ0v) is 10.2. The van der Waals surface area contributed by atoms with Gasteiger partial charge in [-0.25, -0.2) is 4.39 Å². The zero-order chi connectivity index (χ0) is 12.1. The van der Waals surface area contributed by atoms with Gasteiger partial charge in [0.15, 0.2) is 0 Å². The predicted octanol–water partition coefficient (Wildman–Crippen LogP) is 3.15. The van der Waals surface area contributed by atoms with E-state index in [4.69, 9.17) is 5.73 Å². The molecule has 0 aliphatic heterocycles.